The van der Waals surface area contributed by atoms with Crippen molar-refractivity contribution in [3.8, 4) is 0 Å². The average Bonchev–Trinajstić information content (AvgIpc) is 3.48. The van der Waals surface area contributed by atoms with Gasteiger partial charge < -0.3 is 21.0 Å². The molecule has 0 saturated carbocycles. The van der Waals surface area contributed by atoms with E-state index in [1.807, 2.05) is 48.6 Å². The van der Waals surface area contributed by atoms with Gasteiger partial charge in [-0.2, -0.15) is 0 Å². The molecule has 6 rings (SSSR count). The van der Waals surface area contributed by atoms with E-state index in [2.05, 4.69) is 25.3 Å². The molecule has 0 bridgehead atoms. The van der Waals surface area contributed by atoms with Crippen molar-refractivity contribution in [2.24, 2.45) is 5.73 Å². The van der Waals surface area contributed by atoms with Crippen LogP contribution in [-0.2, 0) is 10.2 Å². The molecule has 2 amide bonds. The SMILES string of the molecule is NC(=O)C1(c2ccc3nc(Cl)[nH]c3c2)C=CC(c2ccc(C(=O)Nc3ccc4nc(Cl)[nH]c4c3)cc2)=CC1. The zero-order valence-electron chi connectivity index (χ0n) is 19.8. The van der Waals surface area contributed by atoms with E-state index in [1.165, 1.54) is 0 Å². The third-order valence-electron chi connectivity index (χ3n) is 6.79. The number of H-pyrrole nitrogens is 2. The molecule has 1 aliphatic carbocycles. The van der Waals surface area contributed by atoms with Gasteiger partial charge in [0.25, 0.3) is 5.91 Å². The van der Waals surface area contributed by atoms with Crippen LogP contribution in [-0.4, -0.2) is 31.8 Å². The molecule has 0 radical (unpaired) electrons. The molecule has 0 spiro atoms. The summed E-state index contributed by atoms with van der Waals surface area (Å²) in [5.74, 6) is -0.687. The van der Waals surface area contributed by atoms with Crippen LogP contribution in [0.25, 0.3) is 27.6 Å². The minimum absolute atomic E-state index is 0.239. The lowest BCUT2D eigenvalue weighted by molar-refractivity contribution is -0.121. The van der Waals surface area contributed by atoms with Crippen molar-refractivity contribution in [1.29, 1.82) is 0 Å². The molecule has 2 aromatic heterocycles. The number of aromatic nitrogens is 4. The number of hydrogen-bond acceptors (Lipinski definition) is 4. The Hall–Kier alpha value is -4.40. The number of aromatic amines is 2. The number of nitrogens with one attached hydrogen (secondary N) is 3. The fraction of sp³-hybridized carbons (Fsp3) is 0.0714. The number of carbonyl (C=O) groups excluding carboxylic acids is 2. The van der Waals surface area contributed by atoms with E-state index >= 15 is 0 Å². The number of hydrogen-bond donors (Lipinski definition) is 4. The number of carbonyl (C=O) groups is 2. The molecule has 3 aromatic carbocycles. The Balaban J connectivity index is 1.20. The van der Waals surface area contributed by atoms with Gasteiger partial charge in [-0.25, -0.2) is 9.97 Å². The summed E-state index contributed by atoms with van der Waals surface area (Å²) in [5, 5.41) is 3.47. The second-order valence-corrected chi connectivity index (χ2v) is 9.80. The number of benzene rings is 3. The summed E-state index contributed by atoms with van der Waals surface area (Å²) < 4.78 is 0. The van der Waals surface area contributed by atoms with E-state index in [0.717, 1.165) is 33.3 Å². The monoisotopic (exact) mass is 542 g/mol. The standard InChI is InChI=1S/C28H20Cl2N6O2/c29-26-33-20-7-5-18(13-22(20)35-26)28(25(31)38)11-9-16(10-12-28)15-1-3-17(4-2-15)24(37)32-19-6-8-21-23(14-19)36-27(30)34-21/h1-11,13-14H,12H2,(H2,31,38)(H,32,37)(H,33,35)(H,34,36). The Morgan fingerprint density at radius 1 is 0.895 bits per heavy atom. The normalized spacial score (nSPS) is 17.1. The first kappa shape index (κ1) is 24.0. The summed E-state index contributed by atoms with van der Waals surface area (Å²) in [5.41, 5.74) is 11.5. The predicted molar refractivity (Wildman–Crippen MR) is 149 cm³/mol. The highest BCUT2D eigenvalue weighted by Gasteiger charge is 2.37. The number of allylic oxidation sites excluding steroid dienone is 3. The lowest BCUT2D eigenvalue weighted by Gasteiger charge is -2.30. The Morgan fingerprint density at radius 2 is 1.55 bits per heavy atom. The number of halogens is 2. The van der Waals surface area contributed by atoms with E-state index < -0.39 is 11.3 Å². The molecule has 5 N–H and O–H groups in total. The number of nitrogens with two attached hydrogens (primary N) is 1. The highest BCUT2D eigenvalue weighted by molar-refractivity contribution is 6.29. The van der Waals surface area contributed by atoms with Crippen LogP contribution in [0.1, 0.15) is 27.9 Å². The van der Waals surface area contributed by atoms with Crippen molar-refractivity contribution in [2.75, 3.05) is 5.32 Å². The first-order valence-corrected chi connectivity index (χ1v) is 12.5. The van der Waals surface area contributed by atoms with Crippen LogP contribution in [0.2, 0.25) is 10.6 Å². The van der Waals surface area contributed by atoms with E-state index in [-0.39, 0.29) is 11.2 Å². The minimum Gasteiger partial charge on any atom is -0.369 e. The largest absolute Gasteiger partial charge is 0.369 e. The molecule has 0 aliphatic heterocycles. The molecule has 1 atom stereocenters. The zero-order valence-corrected chi connectivity index (χ0v) is 21.3. The van der Waals surface area contributed by atoms with Crippen molar-refractivity contribution in [2.45, 2.75) is 11.8 Å². The predicted octanol–water partition coefficient (Wildman–Crippen LogP) is 5.76. The van der Waals surface area contributed by atoms with Crippen LogP contribution < -0.4 is 11.1 Å². The number of imidazole rings is 2. The maximum absolute atomic E-state index is 12.8. The summed E-state index contributed by atoms with van der Waals surface area (Å²) in [6, 6.07) is 18.1. The summed E-state index contributed by atoms with van der Waals surface area (Å²) in [4.78, 5) is 39.7. The molecule has 1 unspecified atom stereocenters. The molecule has 5 aromatic rings. The maximum Gasteiger partial charge on any atom is 0.255 e. The number of primary amides is 1. The first-order valence-electron chi connectivity index (χ1n) is 11.7. The Morgan fingerprint density at radius 3 is 2.18 bits per heavy atom. The van der Waals surface area contributed by atoms with Crippen LogP contribution in [0.5, 0.6) is 0 Å². The fourth-order valence-corrected chi connectivity index (χ4v) is 5.11. The number of amides is 2. The molecule has 38 heavy (non-hydrogen) atoms. The number of rotatable bonds is 5. The molecule has 0 fully saturated rings. The first-order chi connectivity index (χ1) is 18.3. The molecule has 10 heteroatoms. The van der Waals surface area contributed by atoms with Gasteiger partial charge in [0.2, 0.25) is 16.5 Å². The third kappa shape index (κ3) is 4.23. The van der Waals surface area contributed by atoms with Crippen LogP contribution in [0.15, 0.2) is 78.9 Å². The minimum atomic E-state index is -0.991. The number of fused-ring (bicyclic) bond motifs is 2. The smallest absolute Gasteiger partial charge is 0.255 e. The van der Waals surface area contributed by atoms with Crippen LogP contribution in [0.3, 0.4) is 0 Å². The lowest BCUT2D eigenvalue weighted by Crippen LogP contribution is -2.40. The number of nitrogens with zero attached hydrogens (tertiary/aromatic N) is 2. The Labute approximate surface area is 226 Å². The van der Waals surface area contributed by atoms with Gasteiger partial charge in [0.15, 0.2) is 0 Å². The van der Waals surface area contributed by atoms with E-state index in [1.54, 1.807) is 30.3 Å². The van der Waals surface area contributed by atoms with Crippen LogP contribution in [0.4, 0.5) is 5.69 Å². The molecule has 0 saturated heterocycles. The van der Waals surface area contributed by atoms with Gasteiger partial charge in [-0.15, -0.1) is 0 Å². The average molecular weight is 543 g/mol. The second kappa shape index (κ2) is 9.16. The van der Waals surface area contributed by atoms with Crippen LogP contribution >= 0.6 is 23.2 Å². The Bertz CT molecular complexity index is 1800. The molecule has 188 valence electrons. The van der Waals surface area contributed by atoms with Crippen molar-refractivity contribution in [3.05, 3.63) is 106 Å². The highest BCUT2D eigenvalue weighted by Crippen LogP contribution is 2.37. The highest BCUT2D eigenvalue weighted by atomic mass is 35.5. The summed E-state index contributed by atoms with van der Waals surface area (Å²) >= 11 is 11.9. The van der Waals surface area contributed by atoms with Gasteiger partial charge in [-0.3, -0.25) is 9.59 Å². The topological polar surface area (TPSA) is 130 Å². The quantitative estimate of drug-likeness (QED) is 0.224. The maximum atomic E-state index is 12.8. The van der Waals surface area contributed by atoms with Crippen molar-refractivity contribution in [1.82, 2.24) is 19.9 Å². The summed E-state index contributed by atoms with van der Waals surface area (Å²) in [7, 11) is 0. The van der Waals surface area contributed by atoms with Crippen molar-refractivity contribution < 1.29 is 9.59 Å². The molecular weight excluding hydrogens is 523 g/mol. The third-order valence-corrected chi connectivity index (χ3v) is 7.15. The van der Waals surface area contributed by atoms with Gasteiger partial charge in [0, 0.05) is 11.3 Å². The fourth-order valence-electron chi connectivity index (χ4n) is 4.72. The lowest BCUT2D eigenvalue weighted by atomic mass is 9.73. The second-order valence-electron chi connectivity index (χ2n) is 9.08. The van der Waals surface area contributed by atoms with E-state index in [4.69, 9.17) is 28.9 Å². The van der Waals surface area contributed by atoms with Gasteiger partial charge >= 0.3 is 0 Å². The van der Waals surface area contributed by atoms with Gasteiger partial charge in [0.1, 0.15) is 0 Å². The van der Waals surface area contributed by atoms with Crippen molar-refractivity contribution >= 4 is 68.3 Å². The molecule has 8 nitrogen and oxygen atoms in total. The number of anilines is 1. The molecule has 1 aliphatic rings. The van der Waals surface area contributed by atoms with Crippen LogP contribution in [0, 0.1) is 0 Å². The Kier molecular flexibility index (Phi) is 5.78. The molecule has 2 heterocycles. The van der Waals surface area contributed by atoms with Gasteiger partial charge in [-0.1, -0.05) is 36.4 Å². The van der Waals surface area contributed by atoms with Gasteiger partial charge in [-0.05, 0) is 88.8 Å². The summed E-state index contributed by atoms with van der Waals surface area (Å²) in [6.45, 7) is 0. The van der Waals surface area contributed by atoms with E-state index in [9.17, 15) is 9.59 Å². The van der Waals surface area contributed by atoms with Crippen molar-refractivity contribution in [3.63, 3.8) is 0 Å². The summed E-state index contributed by atoms with van der Waals surface area (Å²) in [6.07, 6.45) is 6.10. The van der Waals surface area contributed by atoms with Gasteiger partial charge in [0.05, 0.1) is 27.5 Å². The molecular formula is C28H20Cl2N6O2. The zero-order chi connectivity index (χ0) is 26.4. The van der Waals surface area contributed by atoms with E-state index in [0.29, 0.717) is 28.5 Å².